The number of carbonyl (C=O) groups is 2. The van der Waals surface area contributed by atoms with Gasteiger partial charge in [0.25, 0.3) is 5.91 Å². The fraction of sp³-hybridized carbons (Fsp3) is 0.500. The number of halogens is 1. The van der Waals surface area contributed by atoms with Crippen LogP contribution in [0.25, 0.3) is 0 Å². The van der Waals surface area contributed by atoms with Crippen LogP contribution < -0.4 is 16.4 Å². The molecule has 2 unspecified atom stereocenters. The number of carbonyl (C=O) groups excluding carboxylic acids is 2. The summed E-state index contributed by atoms with van der Waals surface area (Å²) in [7, 11) is 0. The maximum atomic E-state index is 12.0. The Hall–Kier alpha value is -1.11. The van der Waals surface area contributed by atoms with E-state index in [0.29, 0.717) is 16.4 Å². The molecule has 0 radical (unpaired) electrons. The molecule has 1 fully saturated rings. The Kier molecular flexibility index (Phi) is 5.78. The number of nitrogens with one attached hydrogen (secondary N) is 2. The van der Waals surface area contributed by atoms with Gasteiger partial charge >= 0.3 is 0 Å². The summed E-state index contributed by atoms with van der Waals surface area (Å²) in [6.07, 6.45) is 0.932. The van der Waals surface area contributed by atoms with E-state index in [4.69, 9.17) is 5.73 Å². The van der Waals surface area contributed by atoms with Crippen LogP contribution in [-0.4, -0.2) is 30.9 Å². The van der Waals surface area contributed by atoms with E-state index in [1.165, 1.54) is 11.3 Å². The van der Waals surface area contributed by atoms with Gasteiger partial charge in [-0.25, -0.2) is 0 Å². The molecule has 1 aliphatic rings. The highest BCUT2D eigenvalue weighted by Crippen LogP contribution is 2.16. The van der Waals surface area contributed by atoms with Gasteiger partial charge in [-0.2, -0.15) is 0 Å². The molecule has 1 aromatic rings. The molecule has 0 saturated carbocycles. The Morgan fingerprint density at radius 1 is 1.53 bits per heavy atom. The van der Waals surface area contributed by atoms with E-state index in [1.54, 1.807) is 11.4 Å². The number of nitrogens with two attached hydrogens (primary N) is 1. The van der Waals surface area contributed by atoms with Crippen molar-refractivity contribution in [2.45, 2.75) is 19.4 Å². The number of hydrogen-bond acceptors (Lipinski definition) is 4. The summed E-state index contributed by atoms with van der Waals surface area (Å²) in [5.41, 5.74) is 5.55. The first-order valence-electron chi connectivity index (χ1n) is 5.98. The molecule has 2 amide bonds. The van der Waals surface area contributed by atoms with Gasteiger partial charge < -0.3 is 16.4 Å². The van der Waals surface area contributed by atoms with E-state index in [9.17, 15) is 9.59 Å². The fourth-order valence-corrected chi connectivity index (χ4v) is 2.85. The second-order valence-corrected chi connectivity index (χ2v) is 5.53. The minimum absolute atomic E-state index is 0. The molecule has 19 heavy (non-hydrogen) atoms. The van der Waals surface area contributed by atoms with E-state index in [-0.39, 0.29) is 24.4 Å². The predicted octanol–water partition coefficient (Wildman–Crippen LogP) is 0.997. The Balaban J connectivity index is 0.00000180. The van der Waals surface area contributed by atoms with E-state index in [1.807, 2.05) is 0 Å². The summed E-state index contributed by atoms with van der Waals surface area (Å²) in [5.74, 6) is -0.204. The third kappa shape index (κ3) is 3.92. The minimum atomic E-state index is -0.500. The molecule has 2 atom stereocenters. The van der Waals surface area contributed by atoms with Crippen molar-refractivity contribution in [2.75, 3.05) is 13.1 Å². The van der Waals surface area contributed by atoms with Gasteiger partial charge in [-0.15, -0.1) is 23.7 Å². The lowest BCUT2D eigenvalue weighted by Gasteiger charge is -2.30. The number of rotatable bonds is 3. The molecular formula is C12H18ClN3O2S. The molecule has 0 aliphatic carbocycles. The van der Waals surface area contributed by atoms with Crippen molar-refractivity contribution in [1.82, 2.24) is 10.6 Å². The topological polar surface area (TPSA) is 84.2 Å². The molecule has 2 rings (SSSR count). The summed E-state index contributed by atoms with van der Waals surface area (Å²) in [4.78, 5) is 23.5. The van der Waals surface area contributed by atoms with Crippen molar-refractivity contribution < 1.29 is 9.59 Å². The maximum absolute atomic E-state index is 12.0. The number of primary amides is 1. The smallest absolute Gasteiger partial charge is 0.261 e. The standard InChI is InChI=1S/C12H17N3O2S.ClH/c1-7-5-14-3-2-9(7)15-12(17)10-4-8(6-18-10)11(13)16;/h4,6-7,9,14H,2-3,5H2,1H3,(H2,13,16)(H,15,17);1H. The van der Waals surface area contributed by atoms with E-state index < -0.39 is 5.91 Å². The van der Waals surface area contributed by atoms with Crippen molar-refractivity contribution >= 4 is 35.6 Å². The second-order valence-electron chi connectivity index (χ2n) is 4.61. The van der Waals surface area contributed by atoms with Crippen LogP contribution in [-0.2, 0) is 0 Å². The molecule has 0 spiro atoms. The Labute approximate surface area is 122 Å². The zero-order valence-electron chi connectivity index (χ0n) is 10.6. The molecule has 5 nitrogen and oxygen atoms in total. The van der Waals surface area contributed by atoms with Crippen molar-refractivity contribution in [1.29, 1.82) is 0 Å². The predicted molar refractivity (Wildman–Crippen MR) is 78.0 cm³/mol. The molecule has 106 valence electrons. The SMILES string of the molecule is CC1CNCCC1NC(=O)c1cc(C(N)=O)cs1.Cl. The molecule has 1 aliphatic heterocycles. The van der Waals surface area contributed by atoms with Crippen LogP contribution in [0.3, 0.4) is 0 Å². The first kappa shape index (κ1) is 15.9. The van der Waals surface area contributed by atoms with Crippen molar-refractivity contribution in [3.8, 4) is 0 Å². The second kappa shape index (κ2) is 6.88. The third-order valence-electron chi connectivity index (χ3n) is 3.21. The quantitative estimate of drug-likeness (QED) is 0.779. The van der Waals surface area contributed by atoms with Crippen LogP contribution in [0.5, 0.6) is 0 Å². The van der Waals surface area contributed by atoms with Gasteiger partial charge in [-0.1, -0.05) is 6.92 Å². The average molecular weight is 304 g/mol. The van der Waals surface area contributed by atoms with Gasteiger partial charge in [-0.05, 0) is 31.5 Å². The largest absolute Gasteiger partial charge is 0.366 e. The highest BCUT2D eigenvalue weighted by Gasteiger charge is 2.23. The summed E-state index contributed by atoms with van der Waals surface area (Å²) < 4.78 is 0. The van der Waals surface area contributed by atoms with Gasteiger partial charge in [0.05, 0.1) is 10.4 Å². The summed E-state index contributed by atoms with van der Waals surface area (Å²) >= 11 is 1.25. The van der Waals surface area contributed by atoms with Crippen LogP contribution >= 0.6 is 23.7 Å². The van der Waals surface area contributed by atoms with Crippen LogP contribution in [0, 0.1) is 5.92 Å². The summed E-state index contributed by atoms with van der Waals surface area (Å²) in [5, 5.41) is 7.92. The fourth-order valence-electron chi connectivity index (χ4n) is 2.05. The highest BCUT2D eigenvalue weighted by molar-refractivity contribution is 7.12. The Morgan fingerprint density at radius 3 is 2.84 bits per heavy atom. The van der Waals surface area contributed by atoms with Crippen LogP contribution in [0.2, 0.25) is 0 Å². The first-order valence-corrected chi connectivity index (χ1v) is 6.86. The Morgan fingerprint density at radius 2 is 2.26 bits per heavy atom. The van der Waals surface area contributed by atoms with Crippen molar-refractivity contribution in [3.05, 3.63) is 21.9 Å². The monoisotopic (exact) mass is 303 g/mol. The normalized spacial score (nSPS) is 22.4. The number of thiophene rings is 1. The molecule has 0 aromatic carbocycles. The van der Waals surface area contributed by atoms with E-state index >= 15 is 0 Å². The lowest BCUT2D eigenvalue weighted by Crippen LogP contribution is -2.48. The van der Waals surface area contributed by atoms with Gasteiger partial charge in [0.15, 0.2) is 0 Å². The Bertz CT molecular complexity index is 464. The third-order valence-corrected chi connectivity index (χ3v) is 4.14. The number of piperidine rings is 1. The summed E-state index contributed by atoms with van der Waals surface area (Å²) in [6.45, 7) is 3.95. The van der Waals surface area contributed by atoms with E-state index in [2.05, 4.69) is 17.6 Å². The molecule has 4 N–H and O–H groups in total. The zero-order valence-corrected chi connectivity index (χ0v) is 12.3. The zero-order chi connectivity index (χ0) is 13.1. The highest BCUT2D eigenvalue weighted by atomic mass is 35.5. The van der Waals surface area contributed by atoms with E-state index in [0.717, 1.165) is 19.5 Å². The van der Waals surface area contributed by atoms with Gasteiger partial charge in [-0.3, -0.25) is 9.59 Å². The van der Waals surface area contributed by atoms with Crippen LogP contribution in [0.1, 0.15) is 33.4 Å². The average Bonchev–Trinajstić information content (AvgIpc) is 2.81. The number of amides is 2. The molecule has 1 aromatic heterocycles. The first-order chi connectivity index (χ1) is 8.58. The minimum Gasteiger partial charge on any atom is -0.366 e. The number of hydrogen-bond donors (Lipinski definition) is 3. The van der Waals surface area contributed by atoms with Crippen molar-refractivity contribution in [2.24, 2.45) is 11.7 Å². The lowest BCUT2D eigenvalue weighted by atomic mass is 9.95. The van der Waals surface area contributed by atoms with Gasteiger partial charge in [0.2, 0.25) is 5.91 Å². The lowest BCUT2D eigenvalue weighted by molar-refractivity contribution is 0.0918. The van der Waals surface area contributed by atoms with Gasteiger partial charge in [0.1, 0.15) is 0 Å². The molecule has 0 bridgehead atoms. The summed E-state index contributed by atoms with van der Waals surface area (Å²) in [6, 6.07) is 1.74. The van der Waals surface area contributed by atoms with Crippen LogP contribution in [0.4, 0.5) is 0 Å². The maximum Gasteiger partial charge on any atom is 0.261 e. The molecule has 1 saturated heterocycles. The molecule has 7 heteroatoms. The van der Waals surface area contributed by atoms with Crippen molar-refractivity contribution in [3.63, 3.8) is 0 Å². The van der Waals surface area contributed by atoms with Crippen LogP contribution in [0.15, 0.2) is 11.4 Å². The molecular weight excluding hydrogens is 286 g/mol. The van der Waals surface area contributed by atoms with Gasteiger partial charge in [0, 0.05) is 11.4 Å². The molecule has 2 heterocycles.